The molecule has 104 valence electrons. The standard InChI is InChI=1S/C16H21ClO2/c1-13(2)12-18-9-10-19-16-7-6-15(5-4-8-17)11-14(16)3/h6-7,11,13H,8-10,12H2,1-3H3. The lowest BCUT2D eigenvalue weighted by Gasteiger charge is -2.10. The fourth-order valence-electron chi connectivity index (χ4n) is 1.55. The highest BCUT2D eigenvalue weighted by atomic mass is 35.5. The van der Waals surface area contributed by atoms with Crippen LogP contribution in [0.25, 0.3) is 0 Å². The Morgan fingerprint density at radius 1 is 1.26 bits per heavy atom. The normalized spacial score (nSPS) is 10.2. The molecule has 0 aliphatic rings. The maximum Gasteiger partial charge on any atom is 0.122 e. The van der Waals surface area contributed by atoms with E-state index in [2.05, 4.69) is 25.7 Å². The molecule has 3 heteroatoms. The van der Waals surface area contributed by atoms with Gasteiger partial charge in [0.15, 0.2) is 0 Å². The fraction of sp³-hybridized carbons (Fsp3) is 0.500. The molecule has 0 atom stereocenters. The average Bonchev–Trinajstić information content (AvgIpc) is 2.37. The van der Waals surface area contributed by atoms with Crippen LogP contribution in [0, 0.1) is 24.7 Å². The Balaban J connectivity index is 2.42. The van der Waals surface area contributed by atoms with Gasteiger partial charge in [0.05, 0.1) is 12.5 Å². The molecule has 0 bridgehead atoms. The SMILES string of the molecule is Cc1cc(C#CCCl)ccc1OCCOCC(C)C. The quantitative estimate of drug-likeness (QED) is 0.450. The maximum absolute atomic E-state index is 5.68. The Bertz CT molecular complexity index is 444. The Morgan fingerprint density at radius 3 is 2.68 bits per heavy atom. The van der Waals surface area contributed by atoms with Gasteiger partial charge in [0.1, 0.15) is 12.4 Å². The number of halogens is 1. The van der Waals surface area contributed by atoms with Gasteiger partial charge in [-0.3, -0.25) is 0 Å². The van der Waals surface area contributed by atoms with E-state index in [1.807, 2.05) is 25.1 Å². The van der Waals surface area contributed by atoms with Crippen LogP contribution in [0.5, 0.6) is 5.75 Å². The predicted molar refractivity (Wildman–Crippen MR) is 79.9 cm³/mol. The molecular weight excluding hydrogens is 260 g/mol. The summed E-state index contributed by atoms with van der Waals surface area (Å²) in [4.78, 5) is 0. The van der Waals surface area contributed by atoms with E-state index in [4.69, 9.17) is 21.1 Å². The molecule has 0 amide bonds. The molecule has 1 aromatic rings. The van der Waals surface area contributed by atoms with Crippen LogP contribution in [0.1, 0.15) is 25.0 Å². The minimum Gasteiger partial charge on any atom is -0.491 e. The van der Waals surface area contributed by atoms with Gasteiger partial charge in [0, 0.05) is 12.2 Å². The zero-order valence-electron chi connectivity index (χ0n) is 11.8. The largest absolute Gasteiger partial charge is 0.491 e. The number of hydrogen-bond donors (Lipinski definition) is 0. The molecule has 0 N–H and O–H groups in total. The van der Waals surface area contributed by atoms with Crippen molar-refractivity contribution >= 4 is 11.6 Å². The van der Waals surface area contributed by atoms with Crippen molar-refractivity contribution in [2.45, 2.75) is 20.8 Å². The molecule has 0 radical (unpaired) electrons. The third kappa shape index (κ3) is 6.52. The van der Waals surface area contributed by atoms with Crippen molar-refractivity contribution in [3.63, 3.8) is 0 Å². The molecule has 0 aliphatic heterocycles. The number of ether oxygens (including phenoxy) is 2. The zero-order valence-corrected chi connectivity index (χ0v) is 12.6. The van der Waals surface area contributed by atoms with Crippen molar-refractivity contribution in [3.05, 3.63) is 29.3 Å². The second-order valence-electron chi connectivity index (χ2n) is 4.73. The van der Waals surface area contributed by atoms with E-state index in [-0.39, 0.29) is 0 Å². The van der Waals surface area contributed by atoms with E-state index in [1.54, 1.807) is 0 Å². The molecule has 0 heterocycles. The Labute approximate surface area is 121 Å². The number of alkyl halides is 1. The molecule has 19 heavy (non-hydrogen) atoms. The Hall–Kier alpha value is -1.17. The summed E-state index contributed by atoms with van der Waals surface area (Å²) in [5.41, 5.74) is 2.03. The van der Waals surface area contributed by atoms with Crippen LogP contribution in [-0.2, 0) is 4.74 Å². The fourth-order valence-corrected chi connectivity index (χ4v) is 1.62. The highest BCUT2D eigenvalue weighted by Crippen LogP contribution is 2.18. The molecule has 0 unspecified atom stereocenters. The third-order valence-electron chi connectivity index (χ3n) is 2.41. The van der Waals surface area contributed by atoms with Crippen LogP contribution in [0.4, 0.5) is 0 Å². The van der Waals surface area contributed by atoms with E-state index in [0.717, 1.165) is 23.5 Å². The van der Waals surface area contributed by atoms with Gasteiger partial charge in [-0.2, -0.15) is 0 Å². The summed E-state index contributed by atoms with van der Waals surface area (Å²) in [5, 5.41) is 0. The van der Waals surface area contributed by atoms with Crippen LogP contribution in [0.15, 0.2) is 18.2 Å². The molecule has 2 nitrogen and oxygen atoms in total. The van der Waals surface area contributed by atoms with Crippen molar-refractivity contribution in [2.24, 2.45) is 5.92 Å². The van der Waals surface area contributed by atoms with Gasteiger partial charge in [-0.25, -0.2) is 0 Å². The van der Waals surface area contributed by atoms with Gasteiger partial charge in [-0.1, -0.05) is 25.7 Å². The lowest BCUT2D eigenvalue weighted by Crippen LogP contribution is -2.10. The summed E-state index contributed by atoms with van der Waals surface area (Å²) in [5.74, 6) is 7.61. The van der Waals surface area contributed by atoms with Gasteiger partial charge < -0.3 is 9.47 Å². The minimum atomic E-state index is 0.352. The van der Waals surface area contributed by atoms with Crippen molar-refractivity contribution < 1.29 is 9.47 Å². The molecule has 0 saturated carbocycles. The van der Waals surface area contributed by atoms with Crippen LogP contribution in [-0.4, -0.2) is 25.7 Å². The molecule has 0 fully saturated rings. The van der Waals surface area contributed by atoms with Crippen LogP contribution < -0.4 is 4.74 Å². The van der Waals surface area contributed by atoms with Gasteiger partial charge in [-0.05, 0) is 36.6 Å². The lowest BCUT2D eigenvalue weighted by atomic mass is 10.1. The van der Waals surface area contributed by atoms with Crippen molar-refractivity contribution in [1.82, 2.24) is 0 Å². The third-order valence-corrected chi connectivity index (χ3v) is 2.54. The number of hydrogen-bond acceptors (Lipinski definition) is 2. The van der Waals surface area contributed by atoms with Crippen molar-refractivity contribution in [2.75, 3.05) is 25.7 Å². The molecule has 0 saturated heterocycles. The van der Waals surface area contributed by atoms with E-state index in [0.29, 0.717) is 25.0 Å². The molecule has 0 spiro atoms. The molecule has 0 aliphatic carbocycles. The second-order valence-corrected chi connectivity index (χ2v) is 5.00. The summed E-state index contributed by atoms with van der Waals surface area (Å²) >= 11 is 5.53. The van der Waals surface area contributed by atoms with Crippen LogP contribution >= 0.6 is 11.6 Å². The second kappa shape index (κ2) is 8.85. The van der Waals surface area contributed by atoms with Gasteiger partial charge >= 0.3 is 0 Å². The zero-order chi connectivity index (χ0) is 14.1. The topological polar surface area (TPSA) is 18.5 Å². The predicted octanol–water partition coefficient (Wildman–Crippen LogP) is 3.64. The van der Waals surface area contributed by atoms with Crippen molar-refractivity contribution in [1.29, 1.82) is 0 Å². The summed E-state index contributed by atoms with van der Waals surface area (Å²) < 4.78 is 11.2. The lowest BCUT2D eigenvalue weighted by molar-refractivity contribution is 0.0817. The van der Waals surface area contributed by atoms with E-state index < -0.39 is 0 Å². The highest BCUT2D eigenvalue weighted by Gasteiger charge is 2.00. The first kappa shape index (κ1) is 15.9. The first-order valence-electron chi connectivity index (χ1n) is 6.49. The number of rotatable bonds is 6. The molecule has 0 aromatic heterocycles. The minimum absolute atomic E-state index is 0.352. The first-order valence-corrected chi connectivity index (χ1v) is 7.03. The molecule has 1 rings (SSSR count). The van der Waals surface area contributed by atoms with Crippen LogP contribution in [0.2, 0.25) is 0 Å². The van der Waals surface area contributed by atoms with E-state index in [9.17, 15) is 0 Å². The molecular formula is C16H21ClO2. The summed E-state index contributed by atoms with van der Waals surface area (Å²) in [6.07, 6.45) is 0. The monoisotopic (exact) mass is 280 g/mol. The Kier molecular flexibility index (Phi) is 7.40. The van der Waals surface area contributed by atoms with Crippen molar-refractivity contribution in [3.8, 4) is 17.6 Å². The average molecular weight is 281 g/mol. The van der Waals surface area contributed by atoms with Gasteiger partial charge in [0.25, 0.3) is 0 Å². The van der Waals surface area contributed by atoms with Gasteiger partial charge in [-0.15, -0.1) is 11.6 Å². The van der Waals surface area contributed by atoms with Gasteiger partial charge in [0.2, 0.25) is 0 Å². The van der Waals surface area contributed by atoms with E-state index >= 15 is 0 Å². The maximum atomic E-state index is 5.68. The number of benzene rings is 1. The number of aryl methyl sites for hydroxylation is 1. The smallest absolute Gasteiger partial charge is 0.122 e. The summed E-state index contributed by atoms with van der Waals surface area (Å²) in [7, 11) is 0. The summed E-state index contributed by atoms with van der Waals surface area (Å²) in [6.45, 7) is 8.23. The molecule has 1 aromatic carbocycles. The highest BCUT2D eigenvalue weighted by molar-refractivity contribution is 6.19. The Morgan fingerprint density at radius 2 is 2.05 bits per heavy atom. The first-order chi connectivity index (χ1) is 9.13. The van der Waals surface area contributed by atoms with Crippen LogP contribution in [0.3, 0.4) is 0 Å². The van der Waals surface area contributed by atoms with E-state index in [1.165, 1.54) is 0 Å². The summed E-state index contributed by atoms with van der Waals surface area (Å²) in [6, 6.07) is 5.89.